The number of hydrogen-bond acceptors (Lipinski definition) is 0. The van der Waals surface area contributed by atoms with Gasteiger partial charge in [0, 0.05) is 42.5 Å². The Balaban J connectivity index is 1.76. The first-order valence-corrected chi connectivity index (χ1v) is 10.9. The van der Waals surface area contributed by atoms with Crippen molar-refractivity contribution in [2.45, 2.75) is 45.7 Å². The first kappa shape index (κ1) is 16.9. The number of pyridine rings is 2. The number of benzene rings is 2. The molecule has 0 N–H and O–H groups in total. The highest BCUT2D eigenvalue weighted by Crippen LogP contribution is 2.39. The summed E-state index contributed by atoms with van der Waals surface area (Å²) in [7, 11) is 0. The summed E-state index contributed by atoms with van der Waals surface area (Å²) in [5.41, 5.74) is 11.4. The van der Waals surface area contributed by atoms with Crippen LogP contribution in [0.25, 0.3) is 33.4 Å². The zero-order valence-corrected chi connectivity index (χ0v) is 17.0. The van der Waals surface area contributed by atoms with Crippen molar-refractivity contribution in [2.75, 3.05) is 0 Å². The van der Waals surface area contributed by atoms with E-state index in [9.17, 15) is 0 Å². The molecule has 0 radical (unpaired) electrons. The zero-order valence-electron chi connectivity index (χ0n) is 17.0. The van der Waals surface area contributed by atoms with Crippen LogP contribution in [0.4, 0.5) is 0 Å². The molecule has 2 aliphatic heterocycles. The van der Waals surface area contributed by atoms with Crippen molar-refractivity contribution >= 4 is 10.9 Å². The lowest BCUT2D eigenvalue weighted by atomic mass is 9.88. The van der Waals surface area contributed by atoms with Gasteiger partial charge in [0.15, 0.2) is 6.20 Å². The Morgan fingerprint density at radius 1 is 0.724 bits per heavy atom. The fraction of sp³-hybridized carbons (Fsp3) is 0.259. The third-order valence-corrected chi connectivity index (χ3v) is 6.77. The summed E-state index contributed by atoms with van der Waals surface area (Å²) >= 11 is 0. The molecule has 6 rings (SSSR count). The second kappa shape index (κ2) is 6.52. The highest BCUT2D eigenvalue weighted by Gasteiger charge is 2.32. The molecule has 0 fully saturated rings. The third kappa shape index (κ3) is 2.55. The molecule has 2 nitrogen and oxygen atoms in total. The van der Waals surface area contributed by atoms with Crippen LogP contribution in [-0.2, 0) is 25.9 Å². The van der Waals surface area contributed by atoms with E-state index in [-0.39, 0.29) is 0 Å². The normalized spacial score (nSPS) is 14.9. The van der Waals surface area contributed by atoms with Crippen LogP contribution in [0.1, 0.15) is 29.5 Å². The molecule has 0 bridgehead atoms. The summed E-state index contributed by atoms with van der Waals surface area (Å²) in [4.78, 5) is 0. The molecule has 2 aliphatic rings. The predicted molar refractivity (Wildman–Crippen MR) is 117 cm³/mol. The largest absolute Gasteiger partial charge is 0.214 e. The van der Waals surface area contributed by atoms with Crippen LogP contribution in [-0.4, -0.2) is 0 Å². The average Bonchev–Trinajstić information content (AvgIpc) is 3.06. The van der Waals surface area contributed by atoms with Crippen molar-refractivity contribution in [3.05, 3.63) is 83.6 Å². The summed E-state index contributed by atoms with van der Waals surface area (Å²) in [6.07, 6.45) is 6.93. The van der Waals surface area contributed by atoms with Gasteiger partial charge in [0.1, 0.15) is 13.1 Å². The van der Waals surface area contributed by atoms with Crippen molar-refractivity contribution in [1.82, 2.24) is 0 Å². The number of rotatable bonds is 0. The molecule has 4 heterocycles. The number of hydrogen-bond donors (Lipinski definition) is 0. The maximum absolute atomic E-state index is 2.58. The van der Waals surface area contributed by atoms with Gasteiger partial charge in [-0.1, -0.05) is 24.3 Å². The van der Waals surface area contributed by atoms with Crippen LogP contribution in [0.2, 0.25) is 0 Å². The summed E-state index contributed by atoms with van der Waals surface area (Å²) < 4.78 is 5.03. The van der Waals surface area contributed by atoms with Crippen LogP contribution < -0.4 is 9.13 Å². The fourth-order valence-electron chi connectivity index (χ4n) is 5.44. The molecule has 0 aliphatic carbocycles. The smallest absolute Gasteiger partial charge is 0.198 e. The Bertz CT molecular complexity index is 1270. The monoisotopic (exact) mass is 378 g/mol. The Kier molecular flexibility index (Phi) is 3.80. The van der Waals surface area contributed by atoms with Gasteiger partial charge in [-0.25, -0.2) is 0 Å². The average molecular weight is 379 g/mol. The molecular formula is C27H26N2+2. The molecule has 0 saturated carbocycles. The molecule has 29 heavy (non-hydrogen) atoms. The van der Waals surface area contributed by atoms with Gasteiger partial charge >= 0.3 is 0 Å². The number of fused-ring (bicyclic) bond motifs is 9. The molecule has 142 valence electrons. The lowest BCUT2D eigenvalue weighted by Crippen LogP contribution is -2.37. The fourth-order valence-corrected chi connectivity index (χ4v) is 5.44. The van der Waals surface area contributed by atoms with Gasteiger partial charge in [-0.05, 0) is 48.6 Å². The quantitative estimate of drug-likeness (QED) is 0.383. The third-order valence-electron chi connectivity index (χ3n) is 6.77. The highest BCUT2D eigenvalue weighted by molar-refractivity contribution is 5.87. The molecule has 0 spiro atoms. The Hall–Kier alpha value is -3.00. The van der Waals surface area contributed by atoms with Crippen molar-refractivity contribution in [2.24, 2.45) is 0 Å². The highest BCUT2D eigenvalue weighted by atomic mass is 15.0. The SMILES string of the molecule is Cc1cc2[n+](c3ccccc13)CCCc1ccc3c(c1-2)-c1cccc[n+]1CCC3. The topological polar surface area (TPSA) is 7.76 Å². The molecule has 0 atom stereocenters. The van der Waals surface area contributed by atoms with E-state index in [4.69, 9.17) is 0 Å². The van der Waals surface area contributed by atoms with Gasteiger partial charge in [0.2, 0.25) is 16.9 Å². The number of nitrogens with zero attached hydrogens (tertiary/aromatic N) is 2. The van der Waals surface area contributed by atoms with E-state index in [0.29, 0.717) is 0 Å². The second-order valence-corrected chi connectivity index (χ2v) is 8.50. The molecular weight excluding hydrogens is 352 g/mol. The van der Waals surface area contributed by atoms with Crippen molar-refractivity contribution < 1.29 is 9.13 Å². The van der Waals surface area contributed by atoms with Gasteiger partial charge in [-0.3, -0.25) is 0 Å². The standard InChI is InChI=1S/C27H26N2/c1-19-18-25-27-21(9-7-17-29(25)23-11-3-2-10-22(19)23)14-13-20-8-6-16-28-15-5-4-12-24(28)26(20)27/h2-5,10-15,18H,6-9,16-17H2,1H3/q+2. The molecule has 0 amide bonds. The van der Waals surface area contributed by atoms with Gasteiger partial charge in [-0.15, -0.1) is 0 Å². The molecule has 0 saturated heterocycles. The minimum Gasteiger partial charge on any atom is -0.198 e. The molecule has 2 aromatic heterocycles. The van der Waals surface area contributed by atoms with Crippen LogP contribution in [0, 0.1) is 6.92 Å². The van der Waals surface area contributed by atoms with Crippen LogP contribution >= 0.6 is 0 Å². The van der Waals surface area contributed by atoms with E-state index in [1.165, 1.54) is 62.9 Å². The molecule has 4 aromatic rings. The van der Waals surface area contributed by atoms with Gasteiger partial charge in [0.25, 0.3) is 0 Å². The summed E-state index contributed by atoms with van der Waals surface area (Å²) in [6.45, 7) is 4.43. The van der Waals surface area contributed by atoms with E-state index in [0.717, 1.165) is 25.9 Å². The van der Waals surface area contributed by atoms with Gasteiger partial charge < -0.3 is 0 Å². The first-order chi connectivity index (χ1) is 14.3. The predicted octanol–water partition coefficient (Wildman–Crippen LogP) is 4.95. The lowest BCUT2D eigenvalue weighted by Gasteiger charge is -2.14. The van der Waals surface area contributed by atoms with E-state index >= 15 is 0 Å². The number of para-hydroxylation sites is 1. The number of aromatic nitrogens is 2. The van der Waals surface area contributed by atoms with E-state index < -0.39 is 0 Å². The van der Waals surface area contributed by atoms with Gasteiger partial charge in [0.05, 0.1) is 11.1 Å². The second-order valence-electron chi connectivity index (χ2n) is 8.50. The Labute approximate surface area is 172 Å². The van der Waals surface area contributed by atoms with E-state index in [1.807, 2.05) is 0 Å². The lowest BCUT2D eigenvalue weighted by molar-refractivity contribution is -0.686. The summed E-state index contributed by atoms with van der Waals surface area (Å²) in [6, 6.07) is 22.8. The van der Waals surface area contributed by atoms with Crippen molar-refractivity contribution in [3.63, 3.8) is 0 Å². The van der Waals surface area contributed by atoms with Crippen molar-refractivity contribution in [3.8, 4) is 22.5 Å². The first-order valence-electron chi connectivity index (χ1n) is 10.9. The minimum atomic E-state index is 1.08. The minimum absolute atomic E-state index is 1.08. The number of aryl methyl sites for hydroxylation is 5. The maximum Gasteiger partial charge on any atom is 0.214 e. The zero-order chi connectivity index (χ0) is 19.4. The molecule has 2 aromatic carbocycles. The van der Waals surface area contributed by atoms with Crippen molar-refractivity contribution in [1.29, 1.82) is 0 Å². The van der Waals surface area contributed by atoms with Crippen LogP contribution in [0.5, 0.6) is 0 Å². The Morgan fingerprint density at radius 3 is 2.31 bits per heavy atom. The summed E-state index contributed by atoms with van der Waals surface area (Å²) in [5, 5.41) is 1.37. The summed E-state index contributed by atoms with van der Waals surface area (Å²) in [5.74, 6) is 0. The molecule has 2 heteroatoms. The van der Waals surface area contributed by atoms with E-state index in [2.05, 4.69) is 82.9 Å². The van der Waals surface area contributed by atoms with Crippen LogP contribution in [0.3, 0.4) is 0 Å². The van der Waals surface area contributed by atoms with Gasteiger partial charge in [-0.2, -0.15) is 9.13 Å². The van der Waals surface area contributed by atoms with E-state index in [1.54, 1.807) is 0 Å². The molecule has 0 unspecified atom stereocenters. The maximum atomic E-state index is 2.58. The Morgan fingerprint density at radius 2 is 1.45 bits per heavy atom. The van der Waals surface area contributed by atoms with Crippen LogP contribution in [0.15, 0.2) is 66.9 Å².